The fourth-order valence-corrected chi connectivity index (χ4v) is 0.0451. The molecule has 0 amide bonds. The van der Waals surface area contributed by atoms with E-state index < -0.39 is 12.2 Å². The first-order valence-corrected chi connectivity index (χ1v) is 1.42. The van der Waals surface area contributed by atoms with Gasteiger partial charge in [0.1, 0.15) is 0 Å². The molecular formula is C2H6ClNO5. The van der Waals surface area contributed by atoms with Crippen LogP contribution in [0.3, 0.4) is 0 Å². The van der Waals surface area contributed by atoms with Crippen LogP contribution in [-0.2, 0) is 4.79 Å². The molecule has 0 saturated heterocycles. The molecule has 0 spiro atoms. The molecule has 0 radical (unpaired) electrons. The summed E-state index contributed by atoms with van der Waals surface area (Å²) in [6.45, 7) is 0. The summed E-state index contributed by atoms with van der Waals surface area (Å²) >= 11 is 0. The number of carbonyl (C=O) groups is 1. The first kappa shape index (κ1) is 15.7. The molecule has 56 valence electrons. The zero-order valence-electron chi connectivity index (χ0n) is 4.14. The molecule has 0 aromatic heterocycles. The first-order chi connectivity index (χ1) is 3.18. The number of halogens is 1. The van der Waals surface area contributed by atoms with E-state index in [9.17, 15) is 4.79 Å². The summed E-state index contributed by atoms with van der Waals surface area (Å²) < 4.78 is 0. The molecule has 0 aliphatic heterocycles. The zero-order chi connectivity index (χ0) is 5.86. The van der Waals surface area contributed by atoms with E-state index in [2.05, 4.69) is 0 Å². The Kier molecular flexibility index (Phi) is 12.7. The maximum Gasteiger partial charge on any atom is 0.359 e. The number of rotatable bonds is 2. The zero-order valence-corrected chi connectivity index (χ0v) is 4.96. The van der Waals surface area contributed by atoms with Crippen LogP contribution in [-0.4, -0.2) is 27.9 Å². The number of nitroso groups, excluding NO2 is 1. The molecule has 0 bridgehead atoms. The van der Waals surface area contributed by atoms with Gasteiger partial charge in [0.2, 0.25) is 0 Å². The molecule has 4 N–H and O–H groups in total. The van der Waals surface area contributed by atoms with Crippen molar-refractivity contribution in [3.8, 4) is 0 Å². The minimum absolute atomic E-state index is 0. The second-order valence-corrected chi connectivity index (χ2v) is 0.817. The Balaban J connectivity index is -0.000000180. The van der Waals surface area contributed by atoms with Crippen molar-refractivity contribution in [2.24, 2.45) is 5.18 Å². The van der Waals surface area contributed by atoms with Crippen molar-refractivity contribution in [3.05, 3.63) is 4.91 Å². The average molecular weight is 160 g/mol. The molecule has 0 aromatic carbocycles. The van der Waals surface area contributed by atoms with Gasteiger partial charge in [0.15, 0.2) is 0 Å². The number of hydrogen-bond donors (Lipinski definition) is 2. The number of aliphatic hydroxyl groups is 1. The SMILES string of the molecule is Cl.O.O=NC(O)C(=O)O. The highest BCUT2D eigenvalue weighted by Gasteiger charge is 2.10. The third-order valence-corrected chi connectivity index (χ3v) is 0.321. The van der Waals surface area contributed by atoms with Gasteiger partial charge in [-0.1, -0.05) is 0 Å². The molecule has 1 unspecified atom stereocenters. The Morgan fingerprint density at radius 2 is 1.89 bits per heavy atom. The lowest BCUT2D eigenvalue weighted by atomic mass is 10.6. The second-order valence-electron chi connectivity index (χ2n) is 0.817. The van der Waals surface area contributed by atoms with Gasteiger partial charge < -0.3 is 15.7 Å². The summed E-state index contributed by atoms with van der Waals surface area (Å²) in [5.41, 5.74) is 0. The molecule has 0 heterocycles. The largest absolute Gasteiger partial charge is 0.478 e. The summed E-state index contributed by atoms with van der Waals surface area (Å²) in [5.74, 6) is -1.63. The van der Waals surface area contributed by atoms with E-state index in [1.807, 2.05) is 0 Å². The van der Waals surface area contributed by atoms with Crippen molar-refractivity contribution in [1.29, 1.82) is 0 Å². The Bertz CT molecular complexity index is 95.0. The Hall–Kier alpha value is -0.720. The molecule has 0 aromatic rings. The molecule has 0 aliphatic carbocycles. The number of nitrogens with zero attached hydrogens (tertiary/aromatic N) is 1. The van der Waals surface area contributed by atoms with Crippen molar-refractivity contribution in [2.75, 3.05) is 0 Å². The predicted octanol–water partition coefficient (Wildman–Crippen LogP) is -1.25. The van der Waals surface area contributed by atoms with Gasteiger partial charge in [-0.3, -0.25) is 0 Å². The molecule has 6 nitrogen and oxygen atoms in total. The summed E-state index contributed by atoms with van der Waals surface area (Å²) in [4.78, 5) is 18.5. The minimum Gasteiger partial charge on any atom is -0.478 e. The second kappa shape index (κ2) is 7.28. The lowest BCUT2D eigenvalue weighted by Gasteiger charge is -1.86. The van der Waals surface area contributed by atoms with E-state index >= 15 is 0 Å². The topological polar surface area (TPSA) is 118 Å². The van der Waals surface area contributed by atoms with Crippen LogP contribution >= 0.6 is 12.4 Å². The van der Waals surface area contributed by atoms with Crippen LogP contribution in [0.25, 0.3) is 0 Å². The number of aliphatic carboxylic acids is 1. The van der Waals surface area contributed by atoms with Crippen LogP contribution in [0.5, 0.6) is 0 Å². The molecule has 0 saturated carbocycles. The summed E-state index contributed by atoms with van der Waals surface area (Å²) in [5, 5.41) is 17.3. The maximum absolute atomic E-state index is 9.39. The highest BCUT2D eigenvalue weighted by Crippen LogP contribution is 1.79. The van der Waals surface area contributed by atoms with Crippen molar-refractivity contribution in [2.45, 2.75) is 6.23 Å². The van der Waals surface area contributed by atoms with Gasteiger partial charge in [0, 0.05) is 0 Å². The Morgan fingerprint density at radius 1 is 1.56 bits per heavy atom. The van der Waals surface area contributed by atoms with Gasteiger partial charge >= 0.3 is 5.97 Å². The molecule has 1 atom stereocenters. The summed E-state index contributed by atoms with van der Waals surface area (Å²) in [6, 6.07) is 0. The lowest BCUT2D eigenvalue weighted by Crippen LogP contribution is -2.15. The van der Waals surface area contributed by atoms with E-state index in [1.165, 1.54) is 0 Å². The number of hydrogen-bond acceptors (Lipinski definition) is 4. The number of carboxylic acid groups (broad SMARTS) is 1. The predicted molar refractivity (Wildman–Crippen MR) is 30.3 cm³/mol. The van der Waals surface area contributed by atoms with Crippen LogP contribution in [0.4, 0.5) is 0 Å². The fourth-order valence-electron chi connectivity index (χ4n) is 0.0451. The first-order valence-electron chi connectivity index (χ1n) is 1.42. The van der Waals surface area contributed by atoms with Crippen LogP contribution in [0.15, 0.2) is 5.18 Å². The van der Waals surface area contributed by atoms with E-state index in [0.717, 1.165) is 0 Å². The lowest BCUT2D eigenvalue weighted by molar-refractivity contribution is -0.146. The average Bonchev–Trinajstić information content (AvgIpc) is 1.65. The third kappa shape index (κ3) is 7.28. The minimum atomic E-state index is -2.11. The summed E-state index contributed by atoms with van der Waals surface area (Å²) in [7, 11) is 0. The smallest absolute Gasteiger partial charge is 0.359 e. The fraction of sp³-hybridized carbons (Fsp3) is 0.500. The normalized spacial score (nSPS) is 9.89. The van der Waals surface area contributed by atoms with Gasteiger partial charge in [-0.05, 0) is 5.18 Å². The van der Waals surface area contributed by atoms with Crippen LogP contribution < -0.4 is 0 Å². The molecular weight excluding hydrogens is 153 g/mol. The van der Waals surface area contributed by atoms with Crippen LogP contribution in [0, 0.1) is 4.91 Å². The van der Waals surface area contributed by atoms with Crippen molar-refractivity contribution in [1.82, 2.24) is 0 Å². The van der Waals surface area contributed by atoms with Crippen molar-refractivity contribution >= 4 is 18.4 Å². The molecule has 9 heavy (non-hydrogen) atoms. The number of carboxylic acids is 1. The van der Waals surface area contributed by atoms with E-state index in [0.29, 0.717) is 0 Å². The quantitative estimate of drug-likeness (QED) is 0.490. The van der Waals surface area contributed by atoms with Gasteiger partial charge in [-0.15, -0.1) is 17.3 Å². The van der Waals surface area contributed by atoms with E-state index in [1.54, 1.807) is 5.18 Å². The van der Waals surface area contributed by atoms with Gasteiger partial charge in [-0.2, -0.15) is 0 Å². The monoisotopic (exact) mass is 159 g/mol. The molecule has 0 fully saturated rings. The number of aliphatic hydroxyl groups excluding tert-OH is 1. The third-order valence-electron chi connectivity index (χ3n) is 0.321. The van der Waals surface area contributed by atoms with Crippen molar-refractivity contribution in [3.63, 3.8) is 0 Å². The molecule has 7 heteroatoms. The maximum atomic E-state index is 9.39. The standard InChI is InChI=1S/C2H3NO4.ClH.H2O/c4-1(3-7)2(5)6;;/h1,4H,(H,5,6);1H;1H2. The highest BCUT2D eigenvalue weighted by molar-refractivity contribution is 5.85. The van der Waals surface area contributed by atoms with Crippen LogP contribution in [0.1, 0.15) is 0 Å². The Labute approximate surface area is 56.2 Å². The van der Waals surface area contributed by atoms with Gasteiger partial charge in [0.05, 0.1) is 0 Å². The van der Waals surface area contributed by atoms with Crippen molar-refractivity contribution < 1.29 is 20.5 Å². The summed E-state index contributed by atoms with van der Waals surface area (Å²) in [6.07, 6.45) is -2.11. The highest BCUT2D eigenvalue weighted by atomic mass is 35.5. The molecule has 0 aliphatic rings. The Morgan fingerprint density at radius 3 is 1.89 bits per heavy atom. The van der Waals surface area contributed by atoms with E-state index in [-0.39, 0.29) is 17.9 Å². The van der Waals surface area contributed by atoms with Gasteiger partial charge in [-0.25, -0.2) is 4.79 Å². The van der Waals surface area contributed by atoms with Gasteiger partial charge in [0.25, 0.3) is 6.23 Å². The van der Waals surface area contributed by atoms with Crippen LogP contribution in [0.2, 0.25) is 0 Å². The molecule has 0 rings (SSSR count). The van der Waals surface area contributed by atoms with E-state index in [4.69, 9.17) is 15.1 Å².